The predicted molar refractivity (Wildman–Crippen MR) is 84.2 cm³/mol. The number of rotatable bonds is 5. The van der Waals surface area contributed by atoms with Gasteiger partial charge in [-0.2, -0.15) is 0 Å². The fourth-order valence-corrected chi connectivity index (χ4v) is 2.43. The van der Waals surface area contributed by atoms with Gasteiger partial charge >= 0.3 is 5.97 Å². The van der Waals surface area contributed by atoms with Crippen molar-refractivity contribution < 1.29 is 9.53 Å². The largest absolute Gasteiger partial charge is 0.465 e. The van der Waals surface area contributed by atoms with Crippen LogP contribution < -0.4 is 5.32 Å². The van der Waals surface area contributed by atoms with Crippen LogP contribution in [0.2, 0.25) is 0 Å². The molecule has 3 nitrogen and oxygen atoms in total. The highest BCUT2D eigenvalue weighted by atomic mass is 16.5. The summed E-state index contributed by atoms with van der Waals surface area (Å²) in [5.41, 5.74) is 4.10. The van der Waals surface area contributed by atoms with E-state index in [-0.39, 0.29) is 12.0 Å². The molecule has 3 heteroatoms. The molecule has 0 aromatic heterocycles. The topological polar surface area (TPSA) is 38.3 Å². The van der Waals surface area contributed by atoms with Crippen molar-refractivity contribution in [2.24, 2.45) is 0 Å². The third-order valence-corrected chi connectivity index (χ3v) is 3.68. The molecule has 0 bridgehead atoms. The fourth-order valence-electron chi connectivity index (χ4n) is 2.43. The number of carbonyl (C=O) groups excluding carboxylic acids is 1. The minimum absolute atomic E-state index is 0.219. The molecule has 110 valence electrons. The third kappa shape index (κ3) is 3.70. The quantitative estimate of drug-likeness (QED) is 0.852. The molecule has 0 heterocycles. The van der Waals surface area contributed by atoms with Crippen molar-refractivity contribution in [1.82, 2.24) is 5.32 Å². The summed E-state index contributed by atoms with van der Waals surface area (Å²) in [5, 5.41) is 3.47. The maximum Gasteiger partial charge on any atom is 0.338 e. The maximum atomic E-state index is 11.8. The van der Waals surface area contributed by atoms with E-state index in [1.165, 1.54) is 18.2 Å². The van der Waals surface area contributed by atoms with Crippen LogP contribution in [0.3, 0.4) is 0 Å². The van der Waals surface area contributed by atoms with Crippen LogP contribution in [0.15, 0.2) is 48.5 Å². The normalized spacial score (nSPS) is 12.0. The third-order valence-electron chi connectivity index (χ3n) is 3.68. The first-order valence-electron chi connectivity index (χ1n) is 7.08. The number of esters is 1. The molecule has 2 aromatic rings. The molecule has 21 heavy (non-hydrogen) atoms. The van der Waals surface area contributed by atoms with E-state index in [1.807, 2.05) is 30.3 Å². The first kappa shape index (κ1) is 15.3. The molecule has 0 saturated carbocycles. The summed E-state index contributed by atoms with van der Waals surface area (Å²) in [5.74, 6) is -0.295. The molecule has 0 aliphatic carbocycles. The van der Waals surface area contributed by atoms with E-state index in [0.717, 1.165) is 5.56 Å². The lowest BCUT2D eigenvalue weighted by atomic mass is 10.0. The Kier molecular flexibility index (Phi) is 5.12. The van der Waals surface area contributed by atoms with Crippen molar-refractivity contribution in [1.29, 1.82) is 0 Å². The Hall–Kier alpha value is -2.13. The maximum absolute atomic E-state index is 11.8. The lowest BCUT2D eigenvalue weighted by Crippen LogP contribution is -2.20. The van der Waals surface area contributed by atoms with Crippen molar-refractivity contribution in [3.05, 3.63) is 70.8 Å². The van der Waals surface area contributed by atoms with Crippen LogP contribution >= 0.6 is 0 Å². The molecule has 2 rings (SSSR count). The van der Waals surface area contributed by atoms with Gasteiger partial charge in [-0.1, -0.05) is 42.5 Å². The number of carbonyl (C=O) groups is 1. The van der Waals surface area contributed by atoms with Gasteiger partial charge in [-0.15, -0.1) is 0 Å². The van der Waals surface area contributed by atoms with E-state index in [2.05, 4.69) is 31.3 Å². The van der Waals surface area contributed by atoms with E-state index in [4.69, 9.17) is 4.74 Å². The summed E-state index contributed by atoms with van der Waals surface area (Å²) < 4.78 is 4.82. The van der Waals surface area contributed by atoms with Gasteiger partial charge in [-0.05, 0) is 36.6 Å². The second-order valence-electron chi connectivity index (χ2n) is 5.11. The summed E-state index contributed by atoms with van der Waals surface area (Å²) in [6.45, 7) is 4.86. The molecule has 1 unspecified atom stereocenters. The monoisotopic (exact) mass is 283 g/mol. The molecule has 0 spiro atoms. The van der Waals surface area contributed by atoms with Gasteiger partial charge in [0.15, 0.2) is 0 Å². The summed E-state index contributed by atoms with van der Waals surface area (Å²) in [4.78, 5) is 11.8. The smallest absolute Gasteiger partial charge is 0.338 e. The van der Waals surface area contributed by atoms with Crippen LogP contribution in [0, 0.1) is 6.92 Å². The number of ether oxygens (including phenoxy) is 1. The van der Waals surface area contributed by atoms with Gasteiger partial charge in [0.25, 0.3) is 0 Å². The molecule has 1 atom stereocenters. The standard InChI is InChI=1S/C18H21NO2/c1-13-8-4-6-10-16(13)14(2)19-12-15-9-5-7-11-17(15)18(20)21-3/h4-11,14,19H,12H2,1-3H3. The number of benzene rings is 2. The highest BCUT2D eigenvalue weighted by molar-refractivity contribution is 5.90. The molecule has 0 saturated heterocycles. The van der Waals surface area contributed by atoms with E-state index in [1.54, 1.807) is 6.07 Å². The Bertz CT molecular complexity index is 622. The molecule has 0 aliphatic heterocycles. The second-order valence-corrected chi connectivity index (χ2v) is 5.11. The van der Waals surface area contributed by atoms with Gasteiger partial charge in [-0.3, -0.25) is 0 Å². The van der Waals surface area contributed by atoms with Crippen LogP contribution in [0.4, 0.5) is 0 Å². The predicted octanol–water partition coefficient (Wildman–Crippen LogP) is 3.63. The van der Waals surface area contributed by atoms with Gasteiger partial charge in [0.2, 0.25) is 0 Å². The van der Waals surface area contributed by atoms with Gasteiger partial charge in [-0.25, -0.2) is 4.79 Å². The van der Waals surface area contributed by atoms with Crippen LogP contribution in [-0.2, 0) is 11.3 Å². The SMILES string of the molecule is COC(=O)c1ccccc1CNC(C)c1ccccc1C. The first-order chi connectivity index (χ1) is 10.1. The van der Waals surface area contributed by atoms with Crippen molar-refractivity contribution >= 4 is 5.97 Å². The lowest BCUT2D eigenvalue weighted by molar-refractivity contribution is 0.0599. The highest BCUT2D eigenvalue weighted by Gasteiger charge is 2.12. The highest BCUT2D eigenvalue weighted by Crippen LogP contribution is 2.18. The zero-order valence-electron chi connectivity index (χ0n) is 12.7. The zero-order valence-corrected chi connectivity index (χ0v) is 12.7. The number of hydrogen-bond acceptors (Lipinski definition) is 3. The van der Waals surface area contributed by atoms with E-state index in [9.17, 15) is 4.79 Å². The summed E-state index contributed by atoms with van der Waals surface area (Å²) in [7, 11) is 1.41. The number of hydrogen-bond donors (Lipinski definition) is 1. The molecule has 2 aromatic carbocycles. The van der Waals surface area contributed by atoms with E-state index in [0.29, 0.717) is 12.1 Å². The van der Waals surface area contributed by atoms with Crippen molar-refractivity contribution in [2.45, 2.75) is 26.4 Å². The van der Waals surface area contributed by atoms with Crippen LogP contribution in [-0.4, -0.2) is 13.1 Å². The number of methoxy groups -OCH3 is 1. The zero-order chi connectivity index (χ0) is 15.2. The summed E-state index contributed by atoms with van der Waals surface area (Å²) in [6, 6.07) is 16.1. The van der Waals surface area contributed by atoms with Crippen molar-refractivity contribution in [3.8, 4) is 0 Å². The minimum Gasteiger partial charge on any atom is -0.465 e. The first-order valence-corrected chi connectivity index (χ1v) is 7.08. The number of nitrogens with one attached hydrogen (secondary N) is 1. The second kappa shape index (κ2) is 7.04. The Labute approximate surface area is 126 Å². The van der Waals surface area contributed by atoms with Gasteiger partial charge in [0.05, 0.1) is 12.7 Å². The molecular formula is C18H21NO2. The molecule has 0 radical (unpaired) electrons. The van der Waals surface area contributed by atoms with Crippen LogP contribution in [0.25, 0.3) is 0 Å². The Morgan fingerprint density at radius 3 is 2.52 bits per heavy atom. The average molecular weight is 283 g/mol. The van der Waals surface area contributed by atoms with Gasteiger partial charge in [0.1, 0.15) is 0 Å². The Morgan fingerprint density at radius 1 is 1.14 bits per heavy atom. The van der Waals surface area contributed by atoms with Crippen molar-refractivity contribution in [3.63, 3.8) is 0 Å². The number of aryl methyl sites for hydroxylation is 1. The Balaban J connectivity index is 2.10. The average Bonchev–Trinajstić information content (AvgIpc) is 2.52. The van der Waals surface area contributed by atoms with Crippen molar-refractivity contribution in [2.75, 3.05) is 7.11 Å². The Morgan fingerprint density at radius 2 is 1.81 bits per heavy atom. The van der Waals surface area contributed by atoms with Gasteiger partial charge in [0, 0.05) is 12.6 Å². The van der Waals surface area contributed by atoms with E-state index >= 15 is 0 Å². The summed E-state index contributed by atoms with van der Waals surface area (Å²) >= 11 is 0. The minimum atomic E-state index is -0.295. The summed E-state index contributed by atoms with van der Waals surface area (Å²) in [6.07, 6.45) is 0. The van der Waals surface area contributed by atoms with Crippen LogP contribution in [0.1, 0.15) is 40.0 Å². The molecule has 1 N–H and O–H groups in total. The van der Waals surface area contributed by atoms with Gasteiger partial charge < -0.3 is 10.1 Å². The molecule has 0 fully saturated rings. The lowest BCUT2D eigenvalue weighted by Gasteiger charge is -2.17. The molecule has 0 amide bonds. The molecular weight excluding hydrogens is 262 g/mol. The molecule has 0 aliphatic rings. The van der Waals surface area contributed by atoms with Crippen LogP contribution in [0.5, 0.6) is 0 Å². The van der Waals surface area contributed by atoms with E-state index < -0.39 is 0 Å². The fraction of sp³-hybridized carbons (Fsp3) is 0.278.